The molecule has 1 aromatic rings. The Hall–Kier alpha value is -1.89. The number of hydrogen-bond acceptors (Lipinski definition) is 3. The van der Waals surface area contributed by atoms with E-state index in [9.17, 15) is 4.79 Å². The van der Waals surface area contributed by atoms with E-state index in [-0.39, 0.29) is 11.3 Å². The van der Waals surface area contributed by atoms with E-state index in [0.717, 1.165) is 5.56 Å². The first kappa shape index (κ1) is 12.6. The number of amides is 1. The molecule has 4 heteroatoms. The van der Waals surface area contributed by atoms with E-state index in [1.807, 2.05) is 12.1 Å². The molecular weight excluding hydrogens is 226 g/mol. The molecule has 1 N–H and O–H groups in total. The first-order valence-corrected chi connectivity index (χ1v) is 6.10. The average molecular weight is 243 g/mol. The van der Waals surface area contributed by atoms with E-state index in [1.165, 1.54) is 0 Å². The number of rotatable bonds is 4. The fourth-order valence-electron chi connectivity index (χ4n) is 1.89. The number of carbonyl (C=O) groups is 1. The Morgan fingerprint density at radius 1 is 1.50 bits per heavy atom. The van der Waals surface area contributed by atoms with Gasteiger partial charge in [-0.3, -0.25) is 9.78 Å². The van der Waals surface area contributed by atoms with Gasteiger partial charge in [0.25, 0.3) is 0 Å². The number of pyridine rings is 1. The second kappa shape index (κ2) is 4.41. The minimum atomic E-state index is -0.742. The fraction of sp³-hybridized carbons (Fsp3) is 0.500. The lowest BCUT2D eigenvalue weighted by Crippen LogP contribution is -2.40. The van der Waals surface area contributed by atoms with Gasteiger partial charge in [0.05, 0.1) is 6.07 Å². The van der Waals surface area contributed by atoms with Gasteiger partial charge in [0.15, 0.2) is 0 Å². The number of hydrogen-bond donors (Lipinski definition) is 1. The molecule has 4 nitrogen and oxygen atoms in total. The molecule has 1 aliphatic carbocycles. The van der Waals surface area contributed by atoms with Gasteiger partial charge in [0.2, 0.25) is 5.91 Å². The van der Waals surface area contributed by atoms with Crippen LogP contribution in [0, 0.1) is 16.7 Å². The summed E-state index contributed by atoms with van der Waals surface area (Å²) in [5.74, 6) is -0.132. The van der Waals surface area contributed by atoms with Gasteiger partial charge in [-0.2, -0.15) is 5.26 Å². The summed E-state index contributed by atoms with van der Waals surface area (Å²) in [6.45, 7) is 4.66. The molecule has 1 saturated carbocycles. The summed E-state index contributed by atoms with van der Waals surface area (Å²) in [7, 11) is 0. The van der Waals surface area contributed by atoms with Crippen LogP contribution in [0.15, 0.2) is 24.5 Å². The van der Waals surface area contributed by atoms with Crippen molar-refractivity contribution in [1.82, 2.24) is 10.3 Å². The highest BCUT2D eigenvalue weighted by molar-refractivity contribution is 5.88. The van der Waals surface area contributed by atoms with Crippen LogP contribution in [0.4, 0.5) is 0 Å². The predicted octanol–water partition coefficient (Wildman–Crippen LogP) is 1.78. The maximum absolute atomic E-state index is 11.9. The minimum absolute atomic E-state index is 0.132. The van der Waals surface area contributed by atoms with Crippen LogP contribution in [-0.4, -0.2) is 17.4 Å². The molecule has 0 saturated heterocycles. The molecule has 1 aromatic heterocycles. The van der Waals surface area contributed by atoms with Crippen molar-refractivity contribution < 1.29 is 4.79 Å². The Morgan fingerprint density at radius 3 is 2.61 bits per heavy atom. The Morgan fingerprint density at radius 2 is 2.11 bits per heavy atom. The molecule has 0 aliphatic heterocycles. The third-order valence-electron chi connectivity index (χ3n) is 3.55. The summed E-state index contributed by atoms with van der Waals surface area (Å²) in [6.07, 6.45) is 4.86. The maximum Gasteiger partial charge on any atom is 0.240 e. The molecule has 0 aromatic carbocycles. The van der Waals surface area contributed by atoms with Crippen molar-refractivity contribution in [3.63, 3.8) is 0 Å². The largest absolute Gasteiger partial charge is 0.354 e. The quantitative estimate of drug-likeness (QED) is 0.876. The number of nitrogens with zero attached hydrogens (tertiary/aromatic N) is 2. The zero-order valence-electron chi connectivity index (χ0n) is 10.7. The molecule has 2 rings (SSSR count). The monoisotopic (exact) mass is 243 g/mol. The van der Waals surface area contributed by atoms with E-state index < -0.39 is 5.41 Å². The summed E-state index contributed by atoms with van der Waals surface area (Å²) >= 11 is 0. The smallest absolute Gasteiger partial charge is 0.240 e. The zero-order valence-corrected chi connectivity index (χ0v) is 10.7. The van der Waals surface area contributed by atoms with Crippen LogP contribution in [0.5, 0.6) is 0 Å². The lowest BCUT2D eigenvalue weighted by atomic mass is 9.85. The van der Waals surface area contributed by atoms with Crippen molar-refractivity contribution >= 4 is 5.91 Å². The summed E-state index contributed by atoms with van der Waals surface area (Å²) < 4.78 is 0. The number of nitrogens with one attached hydrogen (secondary N) is 1. The van der Waals surface area contributed by atoms with Crippen LogP contribution in [-0.2, 0) is 10.2 Å². The third-order valence-corrected chi connectivity index (χ3v) is 3.55. The molecule has 1 heterocycles. The molecule has 0 atom stereocenters. The highest BCUT2D eigenvalue weighted by Gasteiger charge is 2.50. The normalized spacial score (nSPS) is 16.7. The van der Waals surface area contributed by atoms with Crippen molar-refractivity contribution in [2.45, 2.75) is 32.1 Å². The van der Waals surface area contributed by atoms with Crippen LogP contribution in [0.1, 0.15) is 32.3 Å². The predicted molar refractivity (Wildman–Crippen MR) is 67.6 cm³/mol. The van der Waals surface area contributed by atoms with Crippen LogP contribution in [0.3, 0.4) is 0 Å². The summed E-state index contributed by atoms with van der Waals surface area (Å²) in [4.78, 5) is 15.9. The number of carbonyl (C=O) groups excluding carboxylic acids is 1. The van der Waals surface area contributed by atoms with E-state index in [1.54, 1.807) is 12.4 Å². The Bertz CT molecular complexity index is 484. The first-order chi connectivity index (χ1) is 8.50. The molecule has 18 heavy (non-hydrogen) atoms. The van der Waals surface area contributed by atoms with Crippen molar-refractivity contribution in [3.8, 4) is 6.07 Å². The van der Waals surface area contributed by atoms with Gasteiger partial charge in [-0.25, -0.2) is 0 Å². The molecular formula is C14H17N3O. The van der Waals surface area contributed by atoms with Gasteiger partial charge in [0, 0.05) is 24.4 Å². The zero-order chi connectivity index (χ0) is 13.2. The fourth-order valence-corrected chi connectivity index (χ4v) is 1.89. The van der Waals surface area contributed by atoms with Gasteiger partial charge in [-0.1, -0.05) is 13.8 Å². The summed E-state index contributed by atoms with van der Waals surface area (Å²) in [6, 6.07) is 6.00. The van der Waals surface area contributed by atoms with E-state index in [0.29, 0.717) is 19.4 Å². The van der Waals surface area contributed by atoms with Crippen molar-refractivity contribution in [2.75, 3.05) is 6.54 Å². The topological polar surface area (TPSA) is 65.8 Å². The second-order valence-electron chi connectivity index (χ2n) is 5.50. The van der Waals surface area contributed by atoms with Crippen LogP contribution in [0.2, 0.25) is 0 Å². The maximum atomic E-state index is 11.9. The Kier molecular flexibility index (Phi) is 3.08. The standard InChI is InChI=1S/C14H17N3O/c1-13(2,11-3-7-16-8-4-11)10-17-12(18)14(9-15)5-6-14/h3-4,7-8H,5-6,10H2,1-2H3,(H,17,18). The molecule has 0 bridgehead atoms. The van der Waals surface area contributed by atoms with Crippen LogP contribution in [0.25, 0.3) is 0 Å². The molecule has 0 spiro atoms. The van der Waals surface area contributed by atoms with Crippen molar-refractivity contribution in [2.24, 2.45) is 5.41 Å². The molecule has 1 fully saturated rings. The molecule has 94 valence electrons. The molecule has 0 radical (unpaired) electrons. The number of nitriles is 1. The SMILES string of the molecule is CC(C)(CNC(=O)C1(C#N)CC1)c1ccncc1. The average Bonchev–Trinajstić information content (AvgIpc) is 3.18. The molecule has 0 unspecified atom stereocenters. The van der Waals surface area contributed by atoms with Gasteiger partial charge in [-0.05, 0) is 30.5 Å². The third kappa shape index (κ3) is 2.35. The Labute approximate surface area is 107 Å². The van der Waals surface area contributed by atoms with Crippen molar-refractivity contribution in [1.29, 1.82) is 5.26 Å². The first-order valence-electron chi connectivity index (χ1n) is 6.10. The lowest BCUT2D eigenvalue weighted by molar-refractivity contribution is -0.124. The summed E-state index contributed by atoms with van der Waals surface area (Å²) in [5, 5.41) is 11.8. The van der Waals surface area contributed by atoms with Gasteiger partial charge >= 0.3 is 0 Å². The lowest BCUT2D eigenvalue weighted by Gasteiger charge is -2.26. The van der Waals surface area contributed by atoms with Gasteiger partial charge in [-0.15, -0.1) is 0 Å². The summed E-state index contributed by atoms with van der Waals surface area (Å²) in [5.41, 5.74) is 0.220. The molecule has 1 aliphatic rings. The highest BCUT2D eigenvalue weighted by atomic mass is 16.2. The highest BCUT2D eigenvalue weighted by Crippen LogP contribution is 2.45. The van der Waals surface area contributed by atoms with Gasteiger partial charge < -0.3 is 5.32 Å². The van der Waals surface area contributed by atoms with Crippen LogP contribution >= 0.6 is 0 Å². The van der Waals surface area contributed by atoms with E-state index in [4.69, 9.17) is 5.26 Å². The second-order valence-corrected chi connectivity index (χ2v) is 5.50. The minimum Gasteiger partial charge on any atom is -0.354 e. The Balaban J connectivity index is 1.98. The van der Waals surface area contributed by atoms with E-state index in [2.05, 4.69) is 30.2 Å². The van der Waals surface area contributed by atoms with Gasteiger partial charge in [0.1, 0.15) is 5.41 Å². The van der Waals surface area contributed by atoms with Crippen molar-refractivity contribution in [3.05, 3.63) is 30.1 Å². The molecule has 1 amide bonds. The van der Waals surface area contributed by atoms with E-state index >= 15 is 0 Å². The number of aromatic nitrogens is 1. The van der Waals surface area contributed by atoms with Crippen LogP contribution < -0.4 is 5.32 Å².